The number of nitrogens with zero attached hydrogens (tertiary/aromatic N) is 2. The van der Waals surface area contributed by atoms with E-state index in [0.717, 1.165) is 30.0 Å². The summed E-state index contributed by atoms with van der Waals surface area (Å²) in [5.74, 6) is 0.509. The van der Waals surface area contributed by atoms with Crippen LogP contribution < -0.4 is 10.2 Å². The molecule has 0 unspecified atom stereocenters. The maximum atomic E-state index is 12.4. The first-order valence-electron chi connectivity index (χ1n) is 10.1. The lowest BCUT2D eigenvalue weighted by Crippen LogP contribution is -2.22. The average Bonchev–Trinajstić information content (AvgIpc) is 3.24. The Morgan fingerprint density at radius 2 is 1.87 bits per heavy atom. The van der Waals surface area contributed by atoms with E-state index < -0.39 is 4.92 Å². The number of benzene rings is 2. The van der Waals surface area contributed by atoms with Crippen LogP contribution in [0.4, 0.5) is 17.1 Å². The fourth-order valence-electron chi connectivity index (χ4n) is 3.33. The Morgan fingerprint density at radius 1 is 1.13 bits per heavy atom. The third-order valence-corrected chi connectivity index (χ3v) is 4.99. The normalized spacial score (nSPS) is 10.9. The average molecular weight is 419 g/mol. The quantitative estimate of drug-likeness (QED) is 0.289. The summed E-state index contributed by atoms with van der Waals surface area (Å²) in [6.07, 6.45) is 2.91. The minimum atomic E-state index is -0.450. The molecule has 1 aromatic heterocycles. The zero-order chi connectivity index (χ0) is 22.4. The van der Waals surface area contributed by atoms with Gasteiger partial charge in [-0.3, -0.25) is 14.9 Å². The van der Waals surface area contributed by atoms with Gasteiger partial charge < -0.3 is 14.6 Å². The molecule has 31 heavy (non-hydrogen) atoms. The summed E-state index contributed by atoms with van der Waals surface area (Å²) in [6.45, 7) is 8.01. The van der Waals surface area contributed by atoms with Crippen molar-refractivity contribution in [2.45, 2.75) is 20.8 Å². The molecule has 0 spiro atoms. The summed E-state index contributed by atoms with van der Waals surface area (Å²) in [4.78, 5) is 25.3. The number of furan rings is 1. The molecule has 1 amide bonds. The van der Waals surface area contributed by atoms with Crippen LogP contribution in [0, 0.1) is 17.0 Å². The number of para-hydroxylation sites is 1. The molecule has 0 radical (unpaired) electrons. The topological polar surface area (TPSA) is 88.6 Å². The SMILES string of the molecule is CCN(CC)c1ccc(NC(=O)/C=C/c2ccc(-c3ccccc3[N+](=O)[O-])o2)c(C)c1. The largest absolute Gasteiger partial charge is 0.456 e. The van der Waals surface area contributed by atoms with E-state index in [1.54, 1.807) is 30.3 Å². The van der Waals surface area contributed by atoms with Crippen LogP contribution in [0.5, 0.6) is 0 Å². The van der Waals surface area contributed by atoms with Gasteiger partial charge in [0, 0.05) is 36.6 Å². The Hall–Kier alpha value is -3.87. The molecule has 2 aromatic carbocycles. The summed E-state index contributed by atoms with van der Waals surface area (Å²) in [7, 11) is 0. The molecule has 0 aliphatic heterocycles. The van der Waals surface area contributed by atoms with Gasteiger partial charge in [-0.05, 0) is 68.8 Å². The number of hydrogen-bond donors (Lipinski definition) is 1. The van der Waals surface area contributed by atoms with Crippen molar-refractivity contribution in [3.63, 3.8) is 0 Å². The molecule has 3 rings (SSSR count). The number of aryl methyl sites for hydroxylation is 1. The van der Waals surface area contributed by atoms with Gasteiger partial charge in [0.2, 0.25) is 5.91 Å². The van der Waals surface area contributed by atoms with E-state index >= 15 is 0 Å². The summed E-state index contributed by atoms with van der Waals surface area (Å²) >= 11 is 0. The maximum absolute atomic E-state index is 12.4. The Balaban J connectivity index is 1.70. The number of hydrogen-bond acceptors (Lipinski definition) is 5. The molecule has 0 bridgehead atoms. The predicted molar refractivity (Wildman–Crippen MR) is 123 cm³/mol. The molecule has 7 heteroatoms. The molecule has 0 aliphatic rings. The molecular weight excluding hydrogens is 394 g/mol. The van der Waals surface area contributed by atoms with E-state index in [4.69, 9.17) is 4.42 Å². The van der Waals surface area contributed by atoms with Gasteiger partial charge in [-0.2, -0.15) is 0 Å². The molecule has 3 aromatic rings. The van der Waals surface area contributed by atoms with Crippen molar-refractivity contribution in [3.8, 4) is 11.3 Å². The zero-order valence-corrected chi connectivity index (χ0v) is 17.8. The number of rotatable bonds is 8. The van der Waals surface area contributed by atoms with Crippen LogP contribution in [-0.2, 0) is 4.79 Å². The van der Waals surface area contributed by atoms with Gasteiger partial charge in [0.25, 0.3) is 5.69 Å². The van der Waals surface area contributed by atoms with Crippen molar-refractivity contribution >= 4 is 29.0 Å². The van der Waals surface area contributed by atoms with Gasteiger partial charge in [0.05, 0.1) is 10.5 Å². The molecular formula is C24H25N3O4. The second kappa shape index (κ2) is 9.75. The fraction of sp³-hybridized carbons (Fsp3) is 0.208. The number of carbonyl (C=O) groups excluding carboxylic acids is 1. The molecule has 1 heterocycles. The number of anilines is 2. The minimum absolute atomic E-state index is 0.0336. The lowest BCUT2D eigenvalue weighted by atomic mass is 10.1. The van der Waals surface area contributed by atoms with E-state index in [0.29, 0.717) is 17.1 Å². The highest BCUT2D eigenvalue weighted by Gasteiger charge is 2.16. The monoisotopic (exact) mass is 419 g/mol. The maximum Gasteiger partial charge on any atom is 0.280 e. The van der Waals surface area contributed by atoms with Crippen LogP contribution in [0.25, 0.3) is 17.4 Å². The molecule has 7 nitrogen and oxygen atoms in total. The first-order chi connectivity index (χ1) is 14.9. The van der Waals surface area contributed by atoms with Crippen LogP contribution in [0.15, 0.2) is 65.1 Å². The van der Waals surface area contributed by atoms with E-state index in [-0.39, 0.29) is 11.6 Å². The van der Waals surface area contributed by atoms with Gasteiger partial charge in [-0.1, -0.05) is 12.1 Å². The number of nitro benzene ring substituents is 1. The lowest BCUT2D eigenvalue weighted by molar-refractivity contribution is -0.384. The number of nitro groups is 1. The highest BCUT2D eigenvalue weighted by molar-refractivity contribution is 6.02. The van der Waals surface area contributed by atoms with Gasteiger partial charge in [-0.15, -0.1) is 0 Å². The van der Waals surface area contributed by atoms with Crippen molar-refractivity contribution < 1.29 is 14.1 Å². The first kappa shape index (κ1) is 21.8. The number of nitrogens with one attached hydrogen (secondary N) is 1. The van der Waals surface area contributed by atoms with Crippen molar-refractivity contribution in [3.05, 3.63) is 82.1 Å². The third kappa shape index (κ3) is 5.19. The van der Waals surface area contributed by atoms with Crippen LogP contribution in [0.1, 0.15) is 25.2 Å². The molecule has 0 saturated carbocycles. The zero-order valence-electron chi connectivity index (χ0n) is 17.8. The molecule has 160 valence electrons. The van der Waals surface area contributed by atoms with Crippen molar-refractivity contribution in [1.82, 2.24) is 0 Å². The van der Waals surface area contributed by atoms with E-state index in [1.807, 2.05) is 19.1 Å². The molecule has 0 aliphatic carbocycles. The van der Waals surface area contributed by atoms with Crippen LogP contribution in [0.3, 0.4) is 0 Å². The van der Waals surface area contributed by atoms with Crippen LogP contribution in [0.2, 0.25) is 0 Å². The minimum Gasteiger partial charge on any atom is -0.456 e. The Morgan fingerprint density at radius 3 is 2.55 bits per heavy atom. The smallest absolute Gasteiger partial charge is 0.280 e. The van der Waals surface area contributed by atoms with Gasteiger partial charge >= 0.3 is 0 Å². The van der Waals surface area contributed by atoms with E-state index in [9.17, 15) is 14.9 Å². The number of amides is 1. The Bertz CT molecular complexity index is 1110. The van der Waals surface area contributed by atoms with Gasteiger partial charge in [0.15, 0.2) is 0 Å². The van der Waals surface area contributed by atoms with Crippen molar-refractivity contribution in [2.75, 3.05) is 23.3 Å². The van der Waals surface area contributed by atoms with Gasteiger partial charge in [0.1, 0.15) is 11.5 Å². The van der Waals surface area contributed by atoms with E-state index in [1.165, 1.54) is 18.2 Å². The van der Waals surface area contributed by atoms with Crippen molar-refractivity contribution in [2.24, 2.45) is 0 Å². The van der Waals surface area contributed by atoms with E-state index in [2.05, 4.69) is 30.1 Å². The lowest BCUT2D eigenvalue weighted by Gasteiger charge is -2.22. The first-order valence-corrected chi connectivity index (χ1v) is 10.1. The summed E-state index contributed by atoms with van der Waals surface area (Å²) in [5.41, 5.74) is 3.19. The van der Waals surface area contributed by atoms with Crippen LogP contribution >= 0.6 is 0 Å². The molecule has 0 atom stereocenters. The molecule has 0 saturated heterocycles. The second-order valence-corrected chi connectivity index (χ2v) is 6.97. The molecule has 1 N–H and O–H groups in total. The Kier molecular flexibility index (Phi) is 6.87. The second-order valence-electron chi connectivity index (χ2n) is 6.97. The summed E-state index contributed by atoms with van der Waals surface area (Å²) < 4.78 is 5.67. The van der Waals surface area contributed by atoms with Crippen LogP contribution in [-0.4, -0.2) is 23.9 Å². The predicted octanol–water partition coefficient (Wildman–Crippen LogP) is 5.66. The highest BCUT2D eigenvalue weighted by atomic mass is 16.6. The highest BCUT2D eigenvalue weighted by Crippen LogP contribution is 2.31. The summed E-state index contributed by atoms with van der Waals surface area (Å²) in [6, 6.07) is 15.6. The number of carbonyl (C=O) groups is 1. The Labute approximate surface area is 181 Å². The standard InChI is InChI=1S/C24H25N3O4/c1-4-26(5-2)18-10-13-21(17(3)16-18)25-24(28)15-12-19-11-14-23(31-19)20-8-6-7-9-22(20)27(29)30/h6-16H,4-5H2,1-3H3,(H,25,28)/b15-12+. The molecule has 0 fully saturated rings. The third-order valence-electron chi connectivity index (χ3n) is 4.99. The van der Waals surface area contributed by atoms with Gasteiger partial charge in [-0.25, -0.2) is 0 Å². The fourth-order valence-corrected chi connectivity index (χ4v) is 3.33. The van der Waals surface area contributed by atoms with Crippen molar-refractivity contribution in [1.29, 1.82) is 0 Å². The summed E-state index contributed by atoms with van der Waals surface area (Å²) in [5, 5.41) is 14.1.